The highest BCUT2D eigenvalue weighted by Crippen LogP contribution is 2.20. The van der Waals surface area contributed by atoms with Crippen molar-refractivity contribution in [2.75, 3.05) is 6.54 Å². The number of hydrogen-bond donors (Lipinski definition) is 1. The van der Waals surface area contributed by atoms with Gasteiger partial charge in [0.1, 0.15) is 6.04 Å². The van der Waals surface area contributed by atoms with Gasteiger partial charge in [0.15, 0.2) is 11.6 Å². The highest BCUT2D eigenvalue weighted by atomic mass is 19.2. The van der Waals surface area contributed by atoms with Crippen LogP contribution in [-0.2, 0) is 16.0 Å². The number of aryl methyl sites for hydroxylation is 1. The second-order valence-corrected chi connectivity index (χ2v) is 4.80. The zero-order valence-electron chi connectivity index (χ0n) is 10.8. The van der Waals surface area contributed by atoms with Gasteiger partial charge in [0.2, 0.25) is 5.91 Å². The Labute approximate surface area is 115 Å². The maximum atomic E-state index is 13.4. The van der Waals surface area contributed by atoms with Crippen molar-refractivity contribution in [3.63, 3.8) is 0 Å². The Balaban J connectivity index is 1.98. The van der Waals surface area contributed by atoms with Crippen LogP contribution in [0.2, 0.25) is 0 Å². The van der Waals surface area contributed by atoms with Crippen molar-refractivity contribution in [2.24, 2.45) is 0 Å². The largest absolute Gasteiger partial charge is 0.480 e. The smallest absolute Gasteiger partial charge is 0.326 e. The molecule has 1 unspecified atom stereocenters. The van der Waals surface area contributed by atoms with Crippen LogP contribution in [0.1, 0.15) is 24.8 Å². The Hall–Kier alpha value is -1.98. The maximum Gasteiger partial charge on any atom is 0.326 e. The molecule has 1 heterocycles. The molecular weight excluding hydrogens is 268 g/mol. The third-order valence-electron chi connectivity index (χ3n) is 3.50. The third-order valence-corrected chi connectivity index (χ3v) is 3.50. The number of carbonyl (C=O) groups is 2. The lowest BCUT2D eigenvalue weighted by Crippen LogP contribution is -2.40. The van der Waals surface area contributed by atoms with Crippen molar-refractivity contribution in [1.82, 2.24) is 4.90 Å². The van der Waals surface area contributed by atoms with Gasteiger partial charge in [-0.1, -0.05) is 12.1 Å². The summed E-state index contributed by atoms with van der Waals surface area (Å²) in [5, 5.41) is 8.99. The predicted molar refractivity (Wildman–Crippen MR) is 67.0 cm³/mol. The van der Waals surface area contributed by atoms with Gasteiger partial charge < -0.3 is 10.0 Å². The van der Waals surface area contributed by atoms with Crippen molar-refractivity contribution in [3.8, 4) is 0 Å². The number of nitrogens with zero attached hydrogens (tertiary/aromatic N) is 1. The summed E-state index contributed by atoms with van der Waals surface area (Å²) in [4.78, 5) is 24.3. The molecule has 1 fully saturated rings. The van der Waals surface area contributed by atoms with E-state index in [9.17, 15) is 18.4 Å². The first-order valence-corrected chi connectivity index (χ1v) is 6.46. The third kappa shape index (κ3) is 2.95. The zero-order valence-corrected chi connectivity index (χ0v) is 10.8. The SMILES string of the molecule is O=C(O)C1CCCN1C(=O)CCc1cccc(F)c1F. The molecule has 0 saturated carbocycles. The molecule has 20 heavy (non-hydrogen) atoms. The van der Waals surface area contributed by atoms with Crippen LogP contribution < -0.4 is 0 Å². The highest BCUT2D eigenvalue weighted by Gasteiger charge is 2.33. The predicted octanol–water partition coefficient (Wildman–Crippen LogP) is 1.97. The number of halogens is 2. The summed E-state index contributed by atoms with van der Waals surface area (Å²) in [5.41, 5.74) is 0.129. The first-order valence-electron chi connectivity index (χ1n) is 6.46. The molecule has 1 saturated heterocycles. The zero-order chi connectivity index (χ0) is 14.7. The molecule has 0 bridgehead atoms. The van der Waals surface area contributed by atoms with Gasteiger partial charge in [-0.05, 0) is 30.9 Å². The lowest BCUT2D eigenvalue weighted by atomic mass is 10.1. The molecule has 1 aromatic rings. The summed E-state index contributed by atoms with van der Waals surface area (Å²) >= 11 is 0. The summed E-state index contributed by atoms with van der Waals surface area (Å²) in [6, 6.07) is 3.03. The second-order valence-electron chi connectivity index (χ2n) is 4.80. The lowest BCUT2D eigenvalue weighted by Gasteiger charge is -2.21. The number of rotatable bonds is 4. The molecular formula is C14H15F2NO3. The molecule has 1 aromatic carbocycles. The van der Waals surface area contributed by atoms with Crippen molar-refractivity contribution >= 4 is 11.9 Å². The molecule has 1 atom stereocenters. The van der Waals surface area contributed by atoms with Crippen molar-refractivity contribution < 1.29 is 23.5 Å². The highest BCUT2D eigenvalue weighted by molar-refractivity contribution is 5.84. The van der Waals surface area contributed by atoms with Crippen LogP contribution in [0.3, 0.4) is 0 Å². The Bertz CT molecular complexity index is 533. The van der Waals surface area contributed by atoms with Crippen LogP contribution in [0.4, 0.5) is 8.78 Å². The Morgan fingerprint density at radius 3 is 2.80 bits per heavy atom. The van der Waals surface area contributed by atoms with Crippen LogP contribution in [0.25, 0.3) is 0 Å². The maximum absolute atomic E-state index is 13.4. The molecule has 4 nitrogen and oxygen atoms in total. The number of likely N-dealkylation sites (tertiary alicyclic amines) is 1. The number of benzene rings is 1. The molecule has 0 spiro atoms. The van der Waals surface area contributed by atoms with Gasteiger partial charge in [0, 0.05) is 13.0 Å². The second kappa shape index (κ2) is 5.98. The Morgan fingerprint density at radius 1 is 1.35 bits per heavy atom. The van der Waals surface area contributed by atoms with Crippen LogP contribution in [0, 0.1) is 11.6 Å². The first-order chi connectivity index (χ1) is 9.50. The molecule has 6 heteroatoms. The van der Waals surface area contributed by atoms with E-state index in [1.807, 2.05) is 0 Å². The van der Waals surface area contributed by atoms with Crippen molar-refractivity contribution in [1.29, 1.82) is 0 Å². The molecule has 1 amide bonds. The summed E-state index contributed by atoms with van der Waals surface area (Å²) in [6.45, 7) is 0.404. The van der Waals surface area contributed by atoms with E-state index in [2.05, 4.69) is 0 Å². The quantitative estimate of drug-likeness (QED) is 0.919. The standard InChI is InChI=1S/C14H15F2NO3/c15-10-4-1-3-9(13(10)16)6-7-12(18)17-8-2-5-11(17)14(19)20/h1,3-4,11H,2,5-8H2,(H,19,20). The number of hydrogen-bond acceptors (Lipinski definition) is 2. The van der Waals surface area contributed by atoms with Gasteiger partial charge in [0.25, 0.3) is 0 Å². The van der Waals surface area contributed by atoms with E-state index in [0.29, 0.717) is 19.4 Å². The van der Waals surface area contributed by atoms with Gasteiger partial charge in [-0.15, -0.1) is 0 Å². The average Bonchev–Trinajstić information content (AvgIpc) is 2.89. The van der Waals surface area contributed by atoms with E-state index >= 15 is 0 Å². The van der Waals surface area contributed by atoms with Gasteiger partial charge in [0.05, 0.1) is 0 Å². The van der Waals surface area contributed by atoms with Gasteiger partial charge in [-0.25, -0.2) is 13.6 Å². The number of amides is 1. The van der Waals surface area contributed by atoms with Crippen LogP contribution in [0.15, 0.2) is 18.2 Å². The topological polar surface area (TPSA) is 57.6 Å². The molecule has 108 valence electrons. The monoisotopic (exact) mass is 283 g/mol. The summed E-state index contributed by atoms with van der Waals surface area (Å²) < 4.78 is 26.5. The van der Waals surface area contributed by atoms with Crippen molar-refractivity contribution in [2.45, 2.75) is 31.7 Å². The fourth-order valence-corrected chi connectivity index (χ4v) is 2.45. The van der Waals surface area contributed by atoms with Crippen LogP contribution in [0.5, 0.6) is 0 Å². The van der Waals surface area contributed by atoms with Gasteiger partial charge in [-0.2, -0.15) is 0 Å². The molecule has 0 aliphatic carbocycles. The van der Waals surface area contributed by atoms with E-state index in [4.69, 9.17) is 5.11 Å². The first kappa shape index (κ1) is 14.4. The number of carbonyl (C=O) groups excluding carboxylic acids is 1. The number of carboxylic acids is 1. The minimum absolute atomic E-state index is 0.0237. The fraction of sp³-hybridized carbons (Fsp3) is 0.429. The summed E-state index contributed by atoms with van der Waals surface area (Å²) in [5.74, 6) is -3.25. The van der Waals surface area contributed by atoms with Crippen molar-refractivity contribution in [3.05, 3.63) is 35.4 Å². The summed E-state index contributed by atoms with van der Waals surface area (Å²) in [7, 11) is 0. The van der Waals surface area contributed by atoms with Crippen LogP contribution >= 0.6 is 0 Å². The minimum atomic E-state index is -1.02. The minimum Gasteiger partial charge on any atom is -0.480 e. The van der Waals surface area contributed by atoms with Gasteiger partial charge >= 0.3 is 5.97 Å². The molecule has 1 aliphatic rings. The summed E-state index contributed by atoms with van der Waals surface area (Å²) in [6.07, 6.45) is 1.13. The van der Waals surface area contributed by atoms with E-state index in [1.165, 1.54) is 17.0 Å². The van der Waals surface area contributed by atoms with Crippen LogP contribution in [-0.4, -0.2) is 34.5 Å². The fourth-order valence-electron chi connectivity index (χ4n) is 2.45. The molecule has 0 aromatic heterocycles. The normalized spacial score (nSPS) is 18.3. The lowest BCUT2D eigenvalue weighted by molar-refractivity contribution is -0.148. The van der Waals surface area contributed by atoms with E-state index in [-0.39, 0.29) is 24.3 Å². The Kier molecular flexibility index (Phi) is 4.32. The van der Waals surface area contributed by atoms with E-state index in [1.54, 1.807) is 0 Å². The molecule has 2 rings (SSSR count). The number of aliphatic carboxylic acids is 1. The Morgan fingerprint density at radius 2 is 2.10 bits per heavy atom. The average molecular weight is 283 g/mol. The number of carboxylic acid groups (broad SMARTS) is 1. The molecule has 0 radical (unpaired) electrons. The molecule has 1 aliphatic heterocycles. The van der Waals surface area contributed by atoms with E-state index in [0.717, 1.165) is 6.07 Å². The molecule has 1 N–H and O–H groups in total. The van der Waals surface area contributed by atoms with Gasteiger partial charge in [-0.3, -0.25) is 4.79 Å². The van der Waals surface area contributed by atoms with E-state index < -0.39 is 23.6 Å².